The summed E-state index contributed by atoms with van der Waals surface area (Å²) in [6.45, 7) is 4.88. The van der Waals surface area contributed by atoms with Gasteiger partial charge < -0.3 is 5.32 Å². The van der Waals surface area contributed by atoms with Gasteiger partial charge in [0.15, 0.2) is 0 Å². The van der Waals surface area contributed by atoms with Crippen molar-refractivity contribution in [3.63, 3.8) is 0 Å². The molecule has 1 aromatic carbocycles. The average molecular weight is 361 g/mol. The van der Waals surface area contributed by atoms with Crippen LogP contribution in [0.4, 0.5) is 0 Å². The van der Waals surface area contributed by atoms with Crippen LogP contribution in [-0.4, -0.2) is 54.0 Å². The van der Waals surface area contributed by atoms with Crippen LogP contribution in [0.2, 0.25) is 5.02 Å². The number of carbonyl (C=O) groups excluding carboxylic acids is 1. The Morgan fingerprint density at radius 3 is 2.52 bits per heavy atom. The molecule has 6 heteroatoms. The van der Waals surface area contributed by atoms with E-state index < -0.39 is 5.54 Å². The van der Waals surface area contributed by atoms with Gasteiger partial charge in [0.2, 0.25) is 5.91 Å². The summed E-state index contributed by atoms with van der Waals surface area (Å²) in [6.07, 6.45) is 3.61. The van der Waals surface area contributed by atoms with Crippen LogP contribution < -0.4 is 5.32 Å². The molecule has 3 rings (SSSR count). The third kappa shape index (κ3) is 4.94. The van der Waals surface area contributed by atoms with E-state index in [0.717, 1.165) is 63.4 Å². The molecule has 134 valence electrons. The van der Waals surface area contributed by atoms with Gasteiger partial charge in [-0.1, -0.05) is 23.7 Å². The molecule has 1 aromatic rings. The first-order valence-corrected chi connectivity index (χ1v) is 9.38. The molecule has 0 atom stereocenters. The summed E-state index contributed by atoms with van der Waals surface area (Å²) in [5.74, 6) is -0.0215. The fraction of sp³-hybridized carbons (Fsp3) is 0.579. The first-order valence-electron chi connectivity index (χ1n) is 9.00. The molecule has 1 amide bonds. The predicted molar refractivity (Wildman–Crippen MR) is 98.1 cm³/mol. The highest BCUT2D eigenvalue weighted by Crippen LogP contribution is 2.28. The summed E-state index contributed by atoms with van der Waals surface area (Å²) in [7, 11) is 0. The van der Waals surface area contributed by atoms with E-state index in [1.54, 1.807) is 0 Å². The summed E-state index contributed by atoms with van der Waals surface area (Å²) >= 11 is 6.04. The lowest BCUT2D eigenvalue weighted by atomic mass is 10.00. The lowest BCUT2D eigenvalue weighted by Crippen LogP contribution is -2.52. The highest BCUT2D eigenvalue weighted by atomic mass is 35.5. The Kier molecular flexibility index (Phi) is 5.95. The highest BCUT2D eigenvalue weighted by Gasteiger charge is 2.35. The standard InChI is InChI=1S/C19H25ClN4O/c20-17-5-3-4-16(12-17)13-23-8-10-24(11-9-23)14-18(25)22-19(15-21)6-1-2-7-19/h3-5,12H,1-2,6-11,13-14H2,(H,22,25). The SMILES string of the molecule is N#CC1(NC(=O)CN2CCN(Cc3cccc(Cl)c3)CC2)CCCC1. The highest BCUT2D eigenvalue weighted by molar-refractivity contribution is 6.30. The minimum Gasteiger partial charge on any atom is -0.337 e. The first kappa shape index (κ1) is 18.2. The number of nitrogens with zero attached hydrogens (tertiary/aromatic N) is 3. The lowest BCUT2D eigenvalue weighted by Gasteiger charge is -2.35. The van der Waals surface area contributed by atoms with Gasteiger partial charge >= 0.3 is 0 Å². The monoisotopic (exact) mass is 360 g/mol. The number of hydrogen-bond donors (Lipinski definition) is 1. The van der Waals surface area contributed by atoms with Gasteiger partial charge in [0.05, 0.1) is 12.6 Å². The van der Waals surface area contributed by atoms with Crippen molar-refractivity contribution in [3.8, 4) is 6.07 Å². The smallest absolute Gasteiger partial charge is 0.235 e. The number of benzene rings is 1. The van der Waals surface area contributed by atoms with E-state index in [2.05, 4.69) is 27.3 Å². The van der Waals surface area contributed by atoms with E-state index in [4.69, 9.17) is 11.6 Å². The molecule has 0 aromatic heterocycles. The van der Waals surface area contributed by atoms with Gasteiger partial charge in [-0.2, -0.15) is 5.26 Å². The third-order valence-corrected chi connectivity index (χ3v) is 5.41. The van der Waals surface area contributed by atoms with Crippen molar-refractivity contribution in [2.75, 3.05) is 32.7 Å². The van der Waals surface area contributed by atoms with Crippen molar-refractivity contribution >= 4 is 17.5 Å². The zero-order valence-corrected chi connectivity index (χ0v) is 15.3. The Balaban J connectivity index is 1.43. The normalized spacial score (nSPS) is 21.0. The minimum atomic E-state index is -0.620. The Bertz CT molecular complexity index is 643. The quantitative estimate of drug-likeness (QED) is 0.876. The van der Waals surface area contributed by atoms with Crippen LogP contribution in [-0.2, 0) is 11.3 Å². The number of amides is 1. The van der Waals surface area contributed by atoms with E-state index >= 15 is 0 Å². The molecular weight excluding hydrogens is 336 g/mol. The summed E-state index contributed by atoms with van der Waals surface area (Å²) in [5.41, 5.74) is 0.599. The number of halogens is 1. The van der Waals surface area contributed by atoms with Crippen molar-refractivity contribution in [1.82, 2.24) is 15.1 Å². The molecule has 0 radical (unpaired) electrons. The van der Waals surface area contributed by atoms with Crippen LogP contribution in [0.1, 0.15) is 31.2 Å². The largest absolute Gasteiger partial charge is 0.337 e. The topological polar surface area (TPSA) is 59.4 Å². The zero-order valence-electron chi connectivity index (χ0n) is 14.5. The van der Waals surface area contributed by atoms with E-state index in [-0.39, 0.29) is 5.91 Å². The Labute approximate surface area is 154 Å². The number of nitrogens with one attached hydrogen (secondary N) is 1. The number of piperazine rings is 1. The van der Waals surface area contributed by atoms with Crippen LogP contribution in [0.3, 0.4) is 0 Å². The van der Waals surface area contributed by atoms with Crippen molar-refractivity contribution < 1.29 is 4.79 Å². The Morgan fingerprint density at radius 2 is 1.88 bits per heavy atom. The molecule has 0 spiro atoms. The molecular formula is C19H25ClN4O. The molecule has 2 aliphatic rings. The minimum absolute atomic E-state index is 0.0215. The molecule has 1 aliphatic carbocycles. The first-order chi connectivity index (χ1) is 12.1. The van der Waals surface area contributed by atoms with Gasteiger partial charge in [0.1, 0.15) is 5.54 Å². The fourth-order valence-corrected chi connectivity index (χ4v) is 3.96. The van der Waals surface area contributed by atoms with Gasteiger partial charge in [0, 0.05) is 37.7 Å². The van der Waals surface area contributed by atoms with Gasteiger partial charge in [0.25, 0.3) is 0 Å². The maximum Gasteiger partial charge on any atom is 0.235 e. The van der Waals surface area contributed by atoms with Crippen LogP contribution in [0.15, 0.2) is 24.3 Å². The maximum atomic E-state index is 12.3. The van der Waals surface area contributed by atoms with E-state index in [9.17, 15) is 10.1 Å². The van der Waals surface area contributed by atoms with Crippen molar-refractivity contribution in [2.45, 2.75) is 37.8 Å². The van der Waals surface area contributed by atoms with E-state index in [0.29, 0.717) is 6.54 Å². The molecule has 1 N–H and O–H groups in total. The molecule has 5 nitrogen and oxygen atoms in total. The van der Waals surface area contributed by atoms with Crippen LogP contribution in [0.25, 0.3) is 0 Å². The molecule has 25 heavy (non-hydrogen) atoms. The van der Waals surface area contributed by atoms with Gasteiger partial charge in [-0.25, -0.2) is 0 Å². The summed E-state index contributed by atoms with van der Waals surface area (Å²) in [4.78, 5) is 16.9. The molecule has 0 bridgehead atoms. The molecule has 1 aliphatic heterocycles. The zero-order chi connectivity index (χ0) is 17.7. The summed E-state index contributed by atoms with van der Waals surface area (Å²) in [6, 6.07) is 10.3. The van der Waals surface area contributed by atoms with Crippen LogP contribution in [0.5, 0.6) is 0 Å². The summed E-state index contributed by atoms with van der Waals surface area (Å²) in [5, 5.41) is 13.1. The Hall–Kier alpha value is -1.61. The fourth-order valence-electron chi connectivity index (χ4n) is 3.75. The van der Waals surface area contributed by atoms with Crippen LogP contribution >= 0.6 is 11.6 Å². The molecule has 1 saturated carbocycles. The summed E-state index contributed by atoms with van der Waals surface area (Å²) < 4.78 is 0. The van der Waals surface area contributed by atoms with Crippen molar-refractivity contribution in [2.24, 2.45) is 0 Å². The van der Waals surface area contributed by atoms with Gasteiger partial charge in [-0.15, -0.1) is 0 Å². The number of nitriles is 1. The maximum absolute atomic E-state index is 12.3. The second-order valence-corrected chi connectivity index (χ2v) is 7.57. The number of hydrogen-bond acceptors (Lipinski definition) is 4. The molecule has 1 saturated heterocycles. The molecule has 1 heterocycles. The van der Waals surface area contributed by atoms with Crippen molar-refractivity contribution in [3.05, 3.63) is 34.9 Å². The van der Waals surface area contributed by atoms with Gasteiger partial charge in [-0.05, 0) is 43.4 Å². The Morgan fingerprint density at radius 1 is 1.20 bits per heavy atom. The van der Waals surface area contributed by atoms with E-state index in [1.807, 2.05) is 18.2 Å². The average Bonchev–Trinajstić information content (AvgIpc) is 3.05. The molecule has 2 fully saturated rings. The lowest BCUT2D eigenvalue weighted by molar-refractivity contribution is -0.124. The van der Waals surface area contributed by atoms with Crippen molar-refractivity contribution in [1.29, 1.82) is 5.26 Å². The van der Waals surface area contributed by atoms with E-state index in [1.165, 1.54) is 5.56 Å². The second kappa shape index (κ2) is 8.18. The predicted octanol–water partition coefficient (Wildman–Crippen LogP) is 2.41. The third-order valence-electron chi connectivity index (χ3n) is 5.18. The van der Waals surface area contributed by atoms with Gasteiger partial charge in [-0.3, -0.25) is 14.6 Å². The molecule has 0 unspecified atom stereocenters. The van der Waals surface area contributed by atoms with Crippen LogP contribution in [0, 0.1) is 11.3 Å². The second-order valence-electron chi connectivity index (χ2n) is 7.13. The number of carbonyl (C=O) groups is 1. The number of rotatable bonds is 5.